The normalized spacial score (nSPS) is 22.2. The van der Waals surface area contributed by atoms with Crippen molar-refractivity contribution in [2.24, 2.45) is 0 Å². The monoisotopic (exact) mass is 254 g/mol. The van der Waals surface area contributed by atoms with Crippen molar-refractivity contribution in [2.45, 2.75) is 36.7 Å². The Balaban J connectivity index is 3.04. The van der Waals surface area contributed by atoms with Crippen LogP contribution in [0.1, 0.15) is 0 Å². The van der Waals surface area contributed by atoms with Crippen molar-refractivity contribution in [3.8, 4) is 0 Å². The van der Waals surface area contributed by atoms with Crippen molar-refractivity contribution in [3.63, 3.8) is 0 Å². The standard InChI is InChI=1S/C11H20GeSi/c1-12(2)10-8-6-7-9-11(10)13(3,4)5/h6-9,11H,1-5H3. The summed E-state index contributed by atoms with van der Waals surface area (Å²) >= 11 is -0.854. The van der Waals surface area contributed by atoms with E-state index in [2.05, 4.69) is 55.5 Å². The van der Waals surface area contributed by atoms with Crippen molar-refractivity contribution in [1.29, 1.82) is 0 Å². The van der Waals surface area contributed by atoms with Gasteiger partial charge in [0.15, 0.2) is 0 Å². The maximum atomic E-state index is 2.47. The SMILES string of the molecule is [CH3][Ge]([CH3])=[C]1C=CC=CC1[Si](C)(C)C. The Kier molecular flexibility index (Phi) is 3.52. The van der Waals surface area contributed by atoms with Gasteiger partial charge in [0.25, 0.3) is 0 Å². The van der Waals surface area contributed by atoms with Crippen molar-refractivity contribution in [1.82, 2.24) is 0 Å². The van der Waals surface area contributed by atoms with E-state index in [1.54, 1.807) is 4.35 Å². The zero-order valence-electron chi connectivity index (χ0n) is 9.39. The van der Waals surface area contributed by atoms with Gasteiger partial charge >= 0.3 is 87.3 Å². The molecule has 1 atom stereocenters. The Hall–Kier alpha value is 0.110. The van der Waals surface area contributed by atoms with E-state index in [0.717, 1.165) is 5.54 Å². The van der Waals surface area contributed by atoms with Gasteiger partial charge in [-0.3, -0.25) is 0 Å². The van der Waals surface area contributed by atoms with Crippen molar-refractivity contribution < 1.29 is 0 Å². The van der Waals surface area contributed by atoms with Gasteiger partial charge < -0.3 is 0 Å². The molecule has 1 aliphatic rings. The molecular formula is C11H20GeSi. The minimum atomic E-state index is -1.02. The molecule has 1 unspecified atom stereocenters. The molecule has 2 heteroatoms. The topological polar surface area (TPSA) is 0 Å². The molecule has 0 bridgehead atoms. The molecule has 0 amide bonds. The molecular weight excluding hydrogens is 233 g/mol. The van der Waals surface area contributed by atoms with E-state index in [-0.39, 0.29) is 0 Å². The Morgan fingerprint density at radius 1 is 1.15 bits per heavy atom. The van der Waals surface area contributed by atoms with Gasteiger partial charge in [-0.25, -0.2) is 0 Å². The summed E-state index contributed by atoms with van der Waals surface area (Å²) in [5, 5.41) is 0. The molecule has 0 aromatic carbocycles. The van der Waals surface area contributed by atoms with E-state index in [1.165, 1.54) is 0 Å². The van der Waals surface area contributed by atoms with Gasteiger partial charge in [0.2, 0.25) is 0 Å². The second kappa shape index (κ2) is 4.09. The zero-order chi connectivity index (χ0) is 10.1. The van der Waals surface area contributed by atoms with Crippen LogP contribution in [-0.4, -0.2) is 26.3 Å². The number of hydrogen-bond donors (Lipinski definition) is 0. The van der Waals surface area contributed by atoms with Gasteiger partial charge in [-0.15, -0.1) is 0 Å². The second-order valence-electron chi connectivity index (χ2n) is 5.04. The molecule has 0 aromatic rings. The van der Waals surface area contributed by atoms with Crippen LogP contribution in [0.4, 0.5) is 0 Å². The molecule has 0 radical (unpaired) electrons. The molecule has 0 saturated carbocycles. The maximum absolute atomic E-state index is 2.47. The van der Waals surface area contributed by atoms with E-state index in [0.29, 0.717) is 0 Å². The van der Waals surface area contributed by atoms with Crippen LogP contribution in [-0.2, 0) is 0 Å². The average Bonchev–Trinajstić information content (AvgIpc) is 2.03. The van der Waals surface area contributed by atoms with Crippen LogP contribution in [0.2, 0.25) is 36.7 Å². The summed E-state index contributed by atoms with van der Waals surface area (Å²) in [5.74, 6) is 4.93. The fraction of sp³-hybridized carbons (Fsp3) is 0.545. The average molecular weight is 253 g/mol. The van der Waals surface area contributed by atoms with Crippen LogP contribution in [0.25, 0.3) is 0 Å². The summed E-state index contributed by atoms with van der Waals surface area (Å²) in [6.45, 7) is 7.42. The van der Waals surface area contributed by atoms with Gasteiger partial charge in [0, 0.05) is 0 Å². The zero-order valence-corrected chi connectivity index (χ0v) is 12.5. The predicted molar refractivity (Wildman–Crippen MR) is 67.9 cm³/mol. The van der Waals surface area contributed by atoms with E-state index >= 15 is 0 Å². The second-order valence-corrected chi connectivity index (χ2v) is 15.8. The summed E-state index contributed by atoms with van der Waals surface area (Å²) in [5.41, 5.74) is 0.822. The van der Waals surface area contributed by atoms with Gasteiger partial charge in [0.1, 0.15) is 0 Å². The first-order valence-corrected chi connectivity index (χ1v) is 13.8. The van der Waals surface area contributed by atoms with Crippen LogP contribution in [0, 0.1) is 0 Å². The number of allylic oxidation sites excluding steroid dienone is 4. The summed E-state index contributed by atoms with van der Waals surface area (Å²) in [6, 6.07) is 0. The van der Waals surface area contributed by atoms with Crippen molar-refractivity contribution in [2.75, 3.05) is 0 Å². The summed E-state index contributed by atoms with van der Waals surface area (Å²) in [6.07, 6.45) is 9.26. The predicted octanol–water partition coefficient (Wildman–Crippen LogP) is 3.33. The first-order valence-electron chi connectivity index (χ1n) is 4.95. The van der Waals surface area contributed by atoms with Gasteiger partial charge in [-0.2, -0.15) is 0 Å². The van der Waals surface area contributed by atoms with Gasteiger partial charge in [-0.1, -0.05) is 0 Å². The van der Waals surface area contributed by atoms with E-state index in [4.69, 9.17) is 0 Å². The molecule has 0 spiro atoms. The number of rotatable bonds is 1. The summed E-state index contributed by atoms with van der Waals surface area (Å²) in [4.78, 5) is 0. The molecule has 1 rings (SSSR count). The molecule has 0 saturated heterocycles. The van der Waals surface area contributed by atoms with Crippen molar-refractivity contribution >= 4 is 26.3 Å². The minimum absolute atomic E-state index is 0.822. The molecule has 0 fully saturated rings. The quantitative estimate of drug-likeness (QED) is 0.628. The fourth-order valence-electron chi connectivity index (χ4n) is 1.77. The molecule has 0 aliphatic heterocycles. The third-order valence-electron chi connectivity index (χ3n) is 2.54. The van der Waals surface area contributed by atoms with Crippen LogP contribution < -0.4 is 0 Å². The first kappa shape index (κ1) is 11.2. The molecule has 0 aromatic heterocycles. The molecule has 13 heavy (non-hydrogen) atoms. The fourth-order valence-corrected chi connectivity index (χ4v) is 10.1. The molecule has 72 valence electrons. The van der Waals surface area contributed by atoms with Gasteiger partial charge in [-0.05, 0) is 0 Å². The van der Waals surface area contributed by atoms with E-state index in [9.17, 15) is 0 Å². The Morgan fingerprint density at radius 3 is 2.15 bits per heavy atom. The van der Waals surface area contributed by atoms with Crippen LogP contribution in [0.3, 0.4) is 0 Å². The van der Waals surface area contributed by atoms with Crippen molar-refractivity contribution in [3.05, 3.63) is 24.3 Å². The number of hydrogen-bond acceptors (Lipinski definition) is 0. The molecule has 0 heterocycles. The van der Waals surface area contributed by atoms with Crippen LogP contribution in [0.5, 0.6) is 0 Å². The van der Waals surface area contributed by atoms with E-state index < -0.39 is 22.0 Å². The molecule has 0 nitrogen and oxygen atoms in total. The Labute approximate surface area is 87.4 Å². The Morgan fingerprint density at radius 2 is 1.77 bits per heavy atom. The third-order valence-corrected chi connectivity index (χ3v) is 8.94. The summed E-state index contributed by atoms with van der Waals surface area (Å²) < 4.78 is 1.79. The van der Waals surface area contributed by atoms with Gasteiger partial charge in [0.05, 0.1) is 0 Å². The van der Waals surface area contributed by atoms with Crippen LogP contribution in [0.15, 0.2) is 24.3 Å². The van der Waals surface area contributed by atoms with Crippen LogP contribution >= 0.6 is 0 Å². The first-order chi connectivity index (χ1) is 5.93. The van der Waals surface area contributed by atoms with E-state index in [1.807, 2.05) is 0 Å². The molecule has 0 N–H and O–H groups in total. The molecule has 1 aliphatic carbocycles. The summed E-state index contributed by atoms with van der Waals surface area (Å²) in [7, 11) is -1.02. The third kappa shape index (κ3) is 2.78. The Bertz CT molecular complexity index is 275.